The SMILES string of the molecule is CCCc1ccc(-c2cc(C(N)=O)c(C)n2C)cc1. The molecular weight excluding hydrogens is 236 g/mol. The van der Waals surface area contributed by atoms with Crippen molar-refractivity contribution < 1.29 is 4.79 Å². The molecule has 0 saturated heterocycles. The van der Waals surface area contributed by atoms with Crippen LogP contribution < -0.4 is 5.73 Å². The molecule has 19 heavy (non-hydrogen) atoms. The summed E-state index contributed by atoms with van der Waals surface area (Å²) in [6, 6.07) is 10.4. The summed E-state index contributed by atoms with van der Waals surface area (Å²) in [6.45, 7) is 4.09. The molecule has 2 aromatic rings. The Morgan fingerprint density at radius 1 is 1.26 bits per heavy atom. The van der Waals surface area contributed by atoms with Crippen LogP contribution in [0.3, 0.4) is 0 Å². The van der Waals surface area contributed by atoms with Gasteiger partial charge in [0.1, 0.15) is 0 Å². The lowest BCUT2D eigenvalue weighted by Gasteiger charge is -2.06. The molecular formula is C16H20N2O. The van der Waals surface area contributed by atoms with E-state index >= 15 is 0 Å². The van der Waals surface area contributed by atoms with Gasteiger partial charge in [-0.3, -0.25) is 4.79 Å². The number of nitrogens with zero attached hydrogens (tertiary/aromatic N) is 1. The Morgan fingerprint density at radius 3 is 2.37 bits per heavy atom. The van der Waals surface area contributed by atoms with E-state index in [0.717, 1.165) is 29.8 Å². The van der Waals surface area contributed by atoms with Crippen molar-refractivity contribution in [2.75, 3.05) is 0 Å². The molecule has 0 atom stereocenters. The van der Waals surface area contributed by atoms with E-state index in [9.17, 15) is 4.79 Å². The van der Waals surface area contributed by atoms with Crippen molar-refractivity contribution in [2.45, 2.75) is 26.7 Å². The molecule has 100 valence electrons. The predicted octanol–water partition coefficient (Wildman–Crippen LogP) is 3.05. The Morgan fingerprint density at radius 2 is 1.89 bits per heavy atom. The number of aryl methyl sites for hydroxylation is 1. The number of hydrogen-bond donors (Lipinski definition) is 1. The van der Waals surface area contributed by atoms with Crippen molar-refractivity contribution >= 4 is 5.91 Å². The summed E-state index contributed by atoms with van der Waals surface area (Å²) < 4.78 is 2.01. The topological polar surface area (TPSA) is 48.0 Å². The van der Waals surface area contributed by atoms with E-state index in [-0.39, 0.29) is 5.91 Å². The van der Waals surface area contributed by atoms with Gasteiger partial charge in [0, 0.05) is 18.4 Å². The number of aromatic nitrogens is 1. The largest absolute Gasteiger partial charge is 0.366 e. The maximum atomic E-state index is 11.4. The van der Waals surface area contributed by atoms with E-state index in [1.807, 2.05) is 24.6 Å². The van der Waals surface area contributed by atoms with Crippen LogP contribution in [0.5, 0.6) is 0 Å². The highest BCUT2D eigenvalue weighted by molar-refractivity contribution is 5.95. The van der Waals surface area contributed by atoms with Gasteiger partial charge in [-0.15, -0.1) is 0 Å². The summed E-state index contributed by atoms with van der Waals surface area (Å²) in [7, 11) is 1.96. The molecule has 0 bridgehead atoms. The van der Waals surface area contributed by atoms with Gasteiger partial charge < -0.3 is 10.3 Å². The molecule has 0 saturated carbocycles. The number of rotatable bonds is 4. The Bertz CT molecular complexity index is 594. The molecule has 0 aliphatic heterocycles. The molecule has 2 rings (SSSR count). The minimum absolute atomic E-state index is 0.373. The fraction of sp³-hybridized carbons (Fsp3) is 0.312. The van der Waals surface area contributed by atoms with Gasteiger partial charge in [-0.2, -0.15) is 0 Å². The number of benzene rings is 1. The number of primary amides is 1. The lowest BCUT2D eigenvalue weighted by molar-refractivity contribution is 0.0999. The third-order valence-corrected chi connectivity index (χ3v) is 3.59. The molecule has 1 aromatic heterocycles. The Kier molecular flexibility index (Phi) is 3.74. The van der Waals surface area contributed by atoms with Gasteiger partial charge in [0.15, 0.2) is 0 Å². The highest BCUT2D eigenvalue weighted by Gasteiger charge is 2.14. The lowest BCUT2D eigenvalue weighted by atomic mass is 10.1. The maximum Gasteiger partial charge on any atom is 0.250 e. The molecule has 3 nitrogen and oxygen atoms in total. The highest BCUT2D eigenvalue weighted by atomic mass is 16.1. The summed E-state index contributed by atoms with van der Waals surface area (Å²) in [4.78, 5) is 11.4. The number of carbonyl (C=O) groups is 1. The summed E-state index contributed by atoms with van der Waals surface area (Å²) in [6.07, 6.45) is 2.24. The van der Waals surface area contributed by atoms with Crippen LogP contribution in [0.2, 0.25) is 0 Å². The number of amides is 1. The van der Waals surface area contributed by atoms with Crippen LogP contribution in [0.15, 0.2) is 30.3 Å². The summed E-state index contributed by atoms with van der Waals surface area (Å²) in [5.41, 5.74) is 10.4. The third kappa shape index (κ3) is 2.55. The Hall–Kier alpha value is -2.03. The first-order valence-electron chi connectivity index (χ1n) is 6.60. The molecule has 1 aromatic carbocycles. The standard InChI is InChI=1S/C16H20N2O/c1-4-5-12-6-8-13(9-7-12)15-10-14(16(17)19)11(2)18(15)3/h6-10H,4-5H2,1-3H3,(H2,17,19). The minimum atomic E-state index is -0.373. The Labute approximate surface area is 114 Å². The fourth-order valence-electron chi connectivity index (χ4n) is 2.36. The molecule has 1 amide bonds. The first-order chi connectivity index (χ1) is 9.04. The predicted molar refractivity (Wildman–Crippen MR) is 78.1 cm³/mol. The average molecular weight is 256 g/mol. The van der Waals surface area contributed by atoms with E-state index in [4.69, 9.17) is 5.73 Å². The summed E-state index contributed by atoms with van der Waals surface area (Å²) >= 11 is 0. The van der Waals surface area contributed by atoms with Crippen molar-refractivity contribution in [3.8, 4) is 11.3 Å². The summed E-state index contributed by atoms with van der Waals surface area (Å²) in [5.74, 6) is -0.373. The zero-order valence-corrected chi connectivity index (χ0v) is 11.7. The molecule has 0 unspecified atom stereocenters. The van der Waals surface area contributed by atoms with Crippen molar-refractivity contribution in [3.05, 3.63) is 47.2 Å². The zero-order valence-electron chi connectivity index (χ0n) is 11.7. The van der Waals surface area contributed by atoms with Gasteiger partial charge in [0.05, 0.1) is 5.56 Å². The van der Waals surface area contributed by atoms with Crippen LogP contribution in [-0.4, -0.2) is 10.5 Å². The van der Waals surface area contributed by atoms with Crippen LogP contribution in [0.1, 0.15) is 35.0 Å². The second-order valence-corrected chi connectivity index (χ2v) is 4.90. The second kappa shape index (κ2) is 5.31. The average Bonchev–Trinajstić information content (AvgIpc) is 2.68. The van der Waals surface area contributed by atoms with Gasteiger partial charge in [-0.1, -0.05) is 37.6 Å². The van der Waals surface area contributed by atoms with Gasteiger partial charge in [-0.25, -0.2) is 0 Å². The highest BCUT2D eigenvalue weighted by Crippen LogP contribution is 2.25. The molecule has 2 N–H and O–H groups in total. The van der Waals surface area contributed by atoms with Crippen molar-refractivity contribution in [2.24, 2.45) is 12.8 Å². The summed E-state index contributed by atoms with van der Waals surface area (Å²) in [5, 5.41) is 0. The first-order valence-corrected chi connectivity index (χ1v) is 6.60. The lowest BCUT2D eigenvalue weighted by Crippen LogP contribution is -2.11. The number of carbonyl (C=O) groups excluding carboxylic acids is 1. The maximum absolute atomic E-state index is 11.4. The monoisotopic (exact) mass is 256 g/mol. The first kappa shape index (κ1) is 13.4. The van der Waals surface area contributed by atoms with Crippen LogP contribution in [-0.2, 0) is 13.5 Å². The normalized spacial score (nSPS) is 10.7. The van der Waals surface area contributed by atoms with E-state index < -0.39 is 0 Å². The Balaban J connectivity index is 2.41. The zero-order chi connectivity index (χ0) is 14.0. The van der Waals surface area contributed by atoms with Crippen LogP contribution in [0.4, 0.5) is 0 Å². The minimum Gasteiger partial charge on any atom is -0.366 e. The molecule has 1 heterocycles. The molecule has 0 aliphatic carbocycles. The molecule has 3 heteroatoms. The van der Waals surface area contributed by atoms with E-state index in [1.165, 1.54) is 5.56 Å². The second-order valence-electron chi connectivity index (χ2n) is 4.90. The molecule has 0 radical (unpaired) electrons. The molecule has 0 spiro atoms. The third-order valence-electron chi connectivity index (χ3n) is 3.59. The van der Waals surface area contributed by atoms with Gasteiger partial charge in [-0.05, 0) is 30.5 Å². The van der Waals surface area contributed by atoms with Crippen molar-refractivity contribution in [1.82, 2.24) is 4.57 Å². The van der Waals surface area contributed by atoms with Gasteiger partial charge in [0.2, 0.25) is 0 Å². The van der Waals surface area contributed by atoms with Gasteiger partial charge >= 0.3 is 0 Å². The van der Waals surface area contributed by atoms with E-state index in [2.05, 4.69) is 31.2 Å². The quantitative estimate of drug-likeness (QED) is 0.898. The molecule has 0 fully saturated rings. The smallest absolute Gasteiger partial charge is 0.250 e. The molecule has 0 aliphatic rings. The van der Waals surface area contributed by atoms with E-state index in [0.29, 0.717) is 5.56 Å². The van der Waals surface area contributed by atoms with Crippen LogP contribution in [0.25, 0.3) is 11.3 Å². The van der Waals surface area contributed by atoms with Crippen molar-refractivity contribution in [1.29, 1.82) is 0 Å². The number of hydrogen-bond acceptors (Lipinski definition) is 1. The van der Waals surface area contributed by atoms with E-state index in [1.54, 1.807) is 0 Å². The number of nitrogens with two attached hydrogens (primary N) is 1. The van der Waals surface area contributed by atoms with Crippen molar-refractivity contribution in [3.63, 3.8) is 0 Å². The fourth-order valence-corrected chi connectivity index (χ4v) is 2.36. The van der Waals surface area contributed by atoms with Gasteiger partial charge in [0.25, 0.3) is 5.91 Å². The van der Waals surface area contributed by atoms with Crippen LogP contribution in [0, 0.1) is 6.92 Å². The van der Waals surface area contributed by atoms with Crippen LogP contribution >= 0.6 is 0 Å².